The molecule has 0 spiro atoms. The molecule has 66 heavy (non-hydrogen) atoms. The van der Waals surface area contributed by atoms with Crippen LogP contribution < -0.4 is 4.90 Å². The van der Waals surface area contributed by atoms with Crippen LogP contribution in [0, 0.1) is 0 Å². The second-order valence-electron chi connectivity index (χ2n) is 21.1. The summed E-state index contributed by atoms with van der Waals surface area (Å²) in [4.78, 5) is 2.60. The summed E-state index contributed by atoms with van der Waals surface area (Å²) < 4.78 is 0. The molecule has 4 aliphatic rings. The first-order chi connectivity index (χ1) is 32.5. The fraction of sp³-hybridized carbons (Fsp3) is 0.323. The van der Waals surface area contributed by atoms with E-state index in [1.807, 2.05) is 0 Å². The molecule has 0 atom stereocenters. The summed E-state index contributed by atoms with van der Waals surface area (Å²) in [6.07, 6.45) is 20.0. The molecule has 330 valence electrons. The monoisotopic (exact) mass is 860 g/mol. The lowest BCUT2D eigenvalue weighted by atomic mass is 9.80. The highest BCUT2D eigenvalue weighted by molar-refractivity contribution is 6.11. The number of benzene rings is 8. The lowest BCUT2D eigenvalue weighted by molar-refractivity contribution is 0.443. The first-order valence-corrected chi connectivity index (χ1v) is 25.8. The zero-order valence-electron chi connectivity index (χ0n) is 39.3. The van der Waals surface area contributed by atoms with Crippen molar-refractivity contribution in [2.45, 2.75) is 133 Å². The van der Waals surface area contributed by atoms with Crippen molar-refractivity contribution in [3.8, 4) is 33.4 Å². The number of anilines is 3. The van der Waals surface area contributed by atoms with E-state index in [1.165, 1.54) is 196 Å². The van der Waals surface area contributed by atoms with E-state index in [0.29, 0.717) is 17.8 Å². The molecule has 0 bridgehead atoms. The number of nitrogens with zero attached hydrogens (tertiary/aromatic N) is 1. The third kappa shape index (κ3) is 7.38. The van der Waals surface area contributed by atoms with Crippen LogP contribution in [0.4, 0.5) is 17.1 Å². The Hall–Kier alpha value is -5.92. The van der Waals surface area contributed by atoms with Gasteiger partial charge in [-0.1, -0.05) is 199 Å². The molecule has 3 saturated carbocycles. The molecular weight excluding hydrogens is 795 g/mol. The molecule has 0 unspecified atom stereocenters. The van der Waals surface area contributed by atoms with Crippen molar-refractivity contribution < 1.29 is 0 Å². The minimum absolute atomic E-state index is 0.0698. The quantitative estimate of drug-likeness (QED) is 0.147. The summed E-state index contributed by atoms with van der Waals surface area (Å²) in [5, 5.41) is 5.22. The summed E-state index contributed by atoms with van der Waals surface area (Å²) in [5.74, 6) is 1.94. The summed E-state index contributed by atoms with van der Waals surface area (Å²) in [5.41, 5.74) is 19.1. The van der Waals surface area contributed by atoms with Crippen LogP contribution in [0.15, 0.2) is 158 Å². The second-order valence-corrected chi connectivity index (χ2v) is 21.1. The average Bonchev–Trinajstić information content (AvgIpc) is 3.61. The third-order valence-corrected chi connectivity index (χ3v) is 16.9. The third-order valence-electron chi connectivity index (χ3n) is 16.9. The standard InChI is InChI=1S/C65H65N/c1-65(2)61-38-33-51(45-19-8-4-9-20-45)42-59(61)60-43-53(37-39-62(60)65)66(52-35-31-49(32-36-52)55-26-15-14-25-54(55)46-21-10-5-11-22-46)63-40-34-47-23-12-13-27-56(47)64(63)57-28-16-24-48-29-30-50(41-58(48)57)44-17-6-3-7-18-44/h12-16,23-46H,3-11,17-22H2,1-2H3. The highest BCUT2D eigenvalue weighted by atomic mass is 15.1. The Kier molecular flexibility index (Phi) is 10.9. The smallest absolute Gasteiger partial charge is 0.0546 e. The van der Waals surface area contributed by atoms with Crippen molar-refractivity contribution >= 4 is 38.6 Å². The fourth-order valence-electron chi connectivity index (χ4n) is 13.3. The molecule has 0 amide bonds. The molecule has 3 fully saturated rings. The van der Waals surface area contributed by atoms with E-state index in [1.54, 1.807) is 0 Å². The van der Waals surface area contributed by atoms with Gasteiger partial charge in [-0.25, -0.2) is 0 Å². The van der Waals surface area contributed by atoms with Crippen molar-refractivity contribution in [3.05, 3.63) is 186 Å². The van der Waals surface area contributed by atoms with Gasteiger partial charge in [-0.05, 0) is 164 Å². The summed E-state index contributed by atoms with van der Waals surface area (Å²) in [7, 11) is 0. The predicted octanol–water partition coefficient (Wildman–Crippen LogP) is 19.2. The first-order valence-electron chi connectivity index (χ1n) is 25.8. The van der Waals surface area contributed by atoms with E-state index in [9.17, 15) is 0 Å². The van der Waals surface area contributed by atoms with Crippen LogP contribution in [0.1, 0.15) is 156 Å². The zero-order chi connectivity index (χ0) is 44.2. The molecule has 0 saturated heterocycles. The zero-order valence-corrected chi connectivity index (χ0v) is 39.3. The molecule has 1 heteroatoms. The van der Waals surface area contributed by atoms with Crippen molar-refractivity contribution in [2.75, 3.05) is 4.90 Å². The Morgan fingerprint density at radius 3 is 1.68 bits per heavy atom. The van der Waals surface area contributed by atoms with Gasteiger partial charge >= 0.3 is 0 Å². The molecule has 1 nitrogen and oxygen atoms in total. The van der Waals surface area contributed by atoms with Crippen LogP contribution in [-0.2, 0) is 5.41 Å². The number of hydrogen-bond acceptors (Lipinski definition) is 1. The number of hydrogen-bond donors (Lipinski definition) is 0. The van der Waals surface area contributed by atoms with E-state index in [0.717, 1.165) is 0 Å². The Morgan fingerprint density at radius 2 is 0.939 bits per heavy atom. The number of fused-ring (bicyclic) bond motifs is 5. The maximum atomic E-state index is 2.60. The van der Waals surface area contributed by atoms with E-state index < -0.39 is 0 Å². The van der Waals surface area contributed by atoms with E-state index in [4.69, 9.17) is 0 Å². The average molecular weight is 860 g/mol. The van der Waals surface area contributed by atoms with Gasteiger partial charge < -0.3 is 4.90 Å². The SMILES string of the molecule is CC1(C)c2ccc(C3CCCCC3)cc2-c2cc(N(c3ccc(-c4ccccc4C4CCCCC4)cc3)c3ccc4ccccc4c3-c3cccc4ccc(C5CCCCC5)cc34)ccc21. The maximum Gasteiger partial charge on any atom is 0.0546 e. The Balaban J connectivity index is 1.06. The number of rotatable bonds is 8. The first kappa shape index (κ1) is 41.5. The van der Waals surface area contributed by atoms with E-state index in [2.05, 4.69) is 176 Å². The molecular formula is C65H65N. The lowest BCUT2D eigenvalue weighted by Crippen LogP contribution is -2.16. The van der Waals surface area contributed by atoms with Gasteiger partial charge in [-0.15, -0.1) is 0 Å². The highest BCUT2D eigenvalue weighted by Crippen LogP contribution is 2.54. The van der Waals surface area contributed by atoms with Gasteiger partial charge in [-0.3, -0.25) is 0 Å². The van der Waals surface area contributed by atoms with Crippen molar-refractivity contribution in [1.82, 2.24) is 0 Å². The summed E-state index contributed by atoms with van der Waals surface area (Å²) >= 11 is 0. The Bertz CT molecular complexity index is 3060. The van der Waals surface area contributed by atoms with E-state index >= 15 is 0 Å². The topological polar surface area (TPSA) is 3.24 Å². The van der Waals surface area contributed by atoms with Crippen molar-refractivity contribution in [1.29, 1.82) is 0 Å². The van der Waals surface area contributed by atoms with E-state index in [-0.39, 0.29) is 5.41 Å². The molecule has 0 N–H and O–H groups in total. The fourth-order valence-corrected chi connectivity index (χ4v) is 13.3. The summed E-state index contributed by atoms with van der Waals surface area (Å²) in [6.45, 7) is 4.87. The Labute approximate surface area is 393 Å². The summed E-state index contributed by atoms with van der Waals surface area (Å²) in [6, 6.07) is 62.1. The van der Waals surface area contributed by atoms with Gasteiger partial charge in [0.25, 0.3) is 0 Å². The minimum atomic E-state index is -0.0698. The maximum absolute atomic E-state index is 2.60. The van der Waals surface area contributed by atoms with Crippen LogP contribution in [0.2, 0.25) is 0 Å². The van der Waals surface area contributed by atoms with Crippen LogP contribution >= 0.6 is 0 Å². The normalized spacial score (nSPS) is 17.8. The molecule has 4 aliphatic carbocycles. The predicted molar refractivity (Wildman–Crippen MR) is 282 cm³/mol. The van der Waals surface area contributed by atoms with Crippen molar-refractivity contribution in [2.24, 2.45) is 0 Å². The van der Waals surface area contributed by atoms with Crippen LogP contribution in [0.5, 0.6) is 0 Å². The van der Waals surface area contributed by atoms with Gasteiger partial charge in [0, 0.05) is 22.4 Å². The van der Waals surface area contributed by atoms with Gasteiger partial charge in [0.15, 0.2) is 0 Å². The van der Waals surface area contributed by atoms with Crippen LogP contribution in [0.3, 0.4) is 0 Å². The van der Waals surface area contributed by atoms with Gasteiger partial charge in [0.05, 0.1) is 5.69 Å². The van der Waals surface area contributed by atoms with Crippen LogP contribution in [-0.4, -0.2) is 0 Å². The van der Waals surface area contributed by atoms with Crippen LogP contribution in [0.25, 0.3) is 54.9 Å². The van der Waals surface area contributed by atoms with Gasteiger partial charge in [0.1, 0.15) is 0 Å². The van der Waals surface area contributed by atoms with Crippen molar-refractivity contribution in [3.63, 3.8) is 0 Å². The molecule has 8 aromatic rings. The molecule has 0 radical (unpaired) electrons. The second kappa shape index (κ2) is 17.4. The Morgan fingerprint density at radius 1 is 0.394 bits per heavy atom. The molecule has 0 heterocycles. The molecule has 0 aromatic heterocycles. The molecule has 8 aromatic carbocycles. The van der Waals surface area contributed by atoms with Gasteiger partial charge in [-0.2, -0.15) is 0 Å². The minimum Gasteiger partial charge on any atom is -0.310 e. The van der Waals surface area contributed by atoms with Gasteiger partial charge in [0.2, 0.25) is 0 Å². The largest absolute Gasteiger partial charge is 0.310 e. The molecule has 0 aliphatic heterocycles. The highest BCUT2D eigenvalue weighted by Gasteiger charge is 2.37. The lowest BCUT2D eigenvalue weighted by Gasteiger charge is -2.30. The molecule has 12 rings (SSSR count).